The minimum atomic E-state index is -0.220. The molecule has 9 nitrogen and oxygen atoms in total. The van der Waals surface area contributed by atoms with Crippen molar-refractivity contribution in [2.75, 3.05) is 48.0 Å². The van der Waals surface area contributed by atoms with Crippen LogP contribution in [0.15, 0.2) is 72.9 Å². The largest absolute Gasteiger partial charge is 0.381 e. The van der Waals surface area contributed by atoms with E-state index < -0.39 is 0 Å². The van der Waals surface area contributed by atoms with Gasteiger partial charge < -0.3 is 25.2 Å². The molecule has 4 aromatic rings. The van der Waals surface area contributed by atoms with Gasteiger partial charge in [0.15, 0.2) is 0 Å². The first-order valence-electron chi connectivity index (χ1n) is 18.0. The number of para-hydroxylation sites is 1. The lowest BCUT2D eigenvalue weighted by molar-refractivity contribution is -0.0437. The number of hydrogen-bond donors (Lipinski definition) is 2. The molecule has 0 unspecified atom stereocenters. The van der Waals surface area contributed by atoms with Crippen molar-refractivity contribution in [3.05, 3.63) is 105 Å². The number of thiophene rings is 1. The van der Waals surface area contributed by atoms with Crippen molar-refractivity contribution in [1.29, 1.82) is 0 Å². The average Bonchev–Trinajstić information content (AvgIpc) is 3.51. The molecule has 3 aliphatic carbocycles. The zero-order valence-corrected chi connectivity index (χ0v) is 29.6. The van der Waals surface area contributed by atoms with E-state index in [1.165, 1.54) is 11.3 Å². The highest BCUT2D eigenvalue weighted by atomic mass is 32.1. The lowest BCUT2D eigenvalue weighted by Crippen LogP contribution is -2.68. The van der Waals surface area contributed by atoms with E-state index in [0.29, 0.717) is 35.6 Å². The van der Waals surface area contributed by atoms with Crippen LogP contribution in [0.4, 0.5) is 17.2 Å². The second-order valence-corrected chi connectivity index (χ2v) is 16.3. The summed E-state index contributed by atoms with van der Waals surface area (Å²) in [6.07, 6.45) is 10.0. The van der Waals surface area contributed by atoms with Gasteiger partial charge in [0.05, 0.1) is 16.1 Å². The highest BCUT2D eigenvalue weighted by Crippen LogP contribution is 2.57. The van der Waals surface area contributed by atoms with E-state index in [1.807, 2.05) is 60.5 Å². The molecule has 3 aliphatic heterocycles. The van der Waals surface area contributed by atoms with Gasteiger partial charge in [-0.2, -0.15) is 0 Å². The number of rotatable bonds is 7. The van der Waals surface area contributed by atoms with Crippen LogP contribution in [0.2, 0.25) is 0 Å². The summed E-state index contributed by atoms with van der Waals surface area (Å²) < 4.78 is 5.57. The van der Waals surface area contributed by atoms with Gasteiger partial charge >= 0.3 is 0 Å². The first-order valence-corrected chi connectivity index (χ1v) is 18.8. The third-order valence-electron chi connectivity index (χ3n) is 11.5. The van der Waals surface area contributed by atoms with Crippen molar-refractivity contribution in [1.82, 2.24) is 10.3 Å². The van der Waals surface area contributed by atoms with E-state index in [9.17, 15) is 14.4 Å². The summed E-state index contributed by atoms with van der Waals surface area (Å²) in [6.45, 7) is 5.79. The summed E-state index contributed by atoms with van der Waals surface area (Å²) in [6, 6.07) is 20.9. The van der Waals surface area contributed by atoms with Gasteiger partial charge in [-0.05, 0) is 123 Å². The lowest BCUT2D eigenvalue weighted by atomic mass is 9.50. The molecule has 0 radical (unpaired) electrons. The number of nitrogens with zero attached hydrogens (tertiary/aromatic N) is 3. The van der Waals surface area contributed by atoms with Crippen LogP contribution in [0.1, 0.15) is 84.9 Å². The molecule has 2 aromatic heterocycles. The second kappa shape index (κ2) is 12.5. The van der Waals surface area contributed by atoms with Gasteiger partial charge in [0.1, 0.15) is 5.82 Å². The predicted molar refractivity (Wildman–Crippen MR) is 201 cm³/mol. The Labute approximate surface area is 301 Å². The minimum absolute atomic E-state index is 0.0195. The quantitative estimate of drug-likeness (QED) is 0.212. The maximum atomic E-state index is 14.0. The number of aryl methyl sites for hydroxylation is 1. The first kappa shape index (κ1) is 32.1. The molecule has 260 valence electrons. The van der Waals surface area contributed by atoms with Crippen molar-refractivity contribution >= 4 is 57.9 Å². The molecule has 10 heteroatoms. The third-order valence-corrected chi connectivity index (χ3v) is 12.7. The smallest absolute Gasteiger partial charge is 0.261 e. The Hall–Kier alpha value is -4.80. The number of nitrogens with one attached hydrogen (secondary N) is 2. The maximum Gasteiger partial charge on any atom is 0.261 e. The Morgan fingerprint density at radius 3 is 2.45 bits per heavy atom. The van der Waals surface area contributed by atoms with Gasteiger partial charge in [0.2, 0.25) is 0 Å². The summed E-state index contributed by atoms with van der Waals surface area (Å²) in [5.74, 6) is 1.21. The molecule has 10 rings (SSSR count). The van der Waals surface area contributed by atoms with Gasteiger partial charge in [0, 0.05) is 66.1 Å². The summed E-state index contributed by atoms with van der Waals surface area (Å²) in [7, 11) is 0. The molecule has 1 spiro atoms. The number of ether oxygens (including phenoxy) is 1. The number of hydrogen-bond acceptors (Lipinski definition) is 7. The zero-order chi connectivity index (χ0) is 34.7. The van der Waals surface area contributed by atoms with Gasteiger partial charge in [-0.15, -0.1) is 11.3 Å². The number of carbonyl (C=O) groups is 3. The van der Waals surface area contributed by atoms with Crippen LogP contribution in [0.5, 0.6) is 0 Å². The van der Waals surface area contributed by atoms with Crippen LogP contribution >= 0.6 is 11.3 Å². The van der Waals surface area contributed by atoms with E-state index in [4.69, 9.17) is 4.74 Å². The molecule has 2 N–H and O–H groups in total. The van der Waals surface area contributed by atoms with Gasteiger partial charge in [-0.1, -0.05) is 18.2 Å². The summed E-state index contributed by atoms with van der Waals surface area (Å²) in [5, 5.41) is 6.31. The monoisotopic (exact) mass is 699 g/mol. The van der Waals surface area contributed by atoms with Crippen LogP contribution in [-0.2, 0) is 4.74 Å². The normalized spacial score (nSPS) is 22.8. The van der Waals surface area contributed by atoms with Gasteiger partial charge in [-0.3, -0.25) is 14.4 Å². The number of amides is 3. The predicted octanol–water partition coefficient (Wildman–Crippen LogP) is 7.19. The Morgan fingerprint density at radius 2 is 1.71 bits per heavy atom. The fraction of sp³-hybridized carbons (Fsp3) is 0.366. The summed E-state index contributed by atoms with van der Waals surface area (Å²) >= 11 is 1.52. The molecule has 0 atom stereocenters. The van der Waals surface area contributed by atoms with E-state index >= 15 is 0 Å². The molecule has 6 aliphatic rings. The van der Waals surface area contributed by atoms with Crippen molar-refractivity contribution in [2.24, 2.45) is 11.3 Å². The number of benzene rings is 2. The van der Waals surface area contributed by atoms with Crippen LogP contribution in [0.3, 0.4) is 0 Å². The highest BCUT2D eigenvalue weighted by Gasteiger charge is 2.57. The number of aromatic nitrogens is 1. The molecule has 51 heavy (non-hydrogen) atoms. The fourth-order valence-corrected chi connectivity index (χ4v) is 9.45. The van der Waals surface area contributed by atoms with E-state index in [1.54, 1.807) is 24.3 Å². The topological polar surface area (TPSA) is 104 Å². The Morgan fingerprint density at radius 1 is 0.941 bits per heavy atom. The number of anilines is 3. The van der Waals surface area contributed by atoms with E-state index in [2.05, 4.69) is 26.6 Å². The molecule has 2 aromatic carbocycles. The van der Waals surface area contributed by atoms with Crippen molar-refractivity contribution < 1.29 is 19.1 Å². The Balaban J connectivity index is 0.878. The standard InChI is InChI=1S/C41H41N5O4S/c1-26-18-32(36(42-23-26)45-24-40(25-45)13-16-50-17-14-40)37(47)43-31-8-6-28(7-9-31)39(49)46-15-12-30(19-29-4-2-3-5-33(29)46)34-10-11-35(51-34)38(48)44-41-20-27(21-41)22-41/h2-11,18-19,23,27H,12-17,20-22,24-25H2,1H3,(H,43,47)(H,44,48). The molecule has 2 saturated heterocycles. The third kappa shape index (κ3) is 5.94. The van der Waals surface area contributed by atoms with Gasteiger partial charge in [0.25, 0.3) is 17.7 Å². The Bertz CT molecular complexity index is 2060. The van der Waals surface area contributed by atoms with Crippen LogP contribution in [0.25, 0.3) is 11.6 Å². The Kier molecular flexibility index (Phi) is 7.85. The SMILES string of the molecule is Cc1cnc(N2CC3(CCOCC3)C2)c(C(=O)Nc2ccc(C(=O)N3CCC(c4ccc(C(=O)NC56CC(C5)C6)s4)=Cc4ccccc43)cc2)c1. The van der Waals surface area contributed by atoms with Crippen molar-refractivity contribution in [3.8, 4) is 0 Å². The number of carbonyl (C=O) groups excluding carboxylic acids is 3. The van der Waals surface area contributed by atoms with Crippen LogP contribution < -0.4 is 20.4 Å². The number of fused-ring (bicyclic) bond motifs is 1. The molecular weight excluding hydrogens is 659 g/mol. The maximum absolute atomic E-state index is 14.0. The fourth-order valence-electron chi connectivity index (χ4n) is 8.51. The van der Waals surface area contributed by atoms with Crippen molar-refractivity contribution in [3.63, 3.8) is 0 Å². The molecule has 5 heterocycles. The molecule has 2 bridgehead atoms. The first-order chi connectivity index (χ1) is 24.8. The second-order valence-electron chi connectivity index (χ2n) is 15.2. The number of pyridine rings is 1. The lowest BCUT2D eigenvalue weighted by Gasteiger charge is -2.61. The molecular formula is C41H41N5O4S. The minimum Gasteiger partial charge on any atom is -0.381 e. The van der Waals surface area contributed by atoms with Crippen molar-refractivity contribution in [2.45, 2.75) is 51.0 Å². The van der Waals surface area contributed by atoms with E-state index in [0.717, 1.165) is 96.5 Å². The van der Waals surface area contributed by atoms with Crippen LogP contribution in [0, 0.1) is 18.3 Å². The average molecular weight is 700 g/mol. The summed E-state index contributed by atoms with van der Waals surface area (Å²) in [4.78, 5) is 51.1. The highest BCUT2D eigenvalue weighted by molar-refractivity contribution is 7.15. The van der Waals surface area contributed by atoms with Gasteiger partial charge in [-0.25, -0.2) is 4.98 Å². The molecule has 3 amide bonds. The zero-order valence-electron chi connectivity index (χ0n) is 28.7. The summed E-state index contributed by atoms with van der Waals surface area (Å²) in [5.41, 5.74) is 5.84. The van der Waals surface area contributed by atoms with E-state index in [-0.39, 0.29) is 28.7 Å². The molecule has 5 fully saturated rings. The molecule has 3 saturated carbocycles. The van der Waals surface area contributed by atoms with Crippen LogP contribution in [-0.4, -0.2) is 61.1 Å².